The number of benzene rings is 2. The minimum atomic E-state index is -0.808. The molecule has 4 rings (SSSR count). The highest BCUT2D eigenvalue weighted by atomic mass is 16.3. The summed E-state index contributed by atoms with van der Waals surface area (Å²) in [4.78, 5) is 27.2. The lowest BCUT2D eigenvalue weighted by molar-refractivity contribution is -0.140. The second kappa shape index (κ2) is 7.55. The number of carbonyl (C=O) groups is 2. The highest BCUT2D eigenvalue weighted by molar-refractivity contribution is 6.46. The first-order valence-electron chi connectivity index (χ1n) is 9.54. The Balaban J connectivity index is 1.87. The minimum Gasteiger partial charge on any atom is -0.508 e. The summed E-state index contributed by atoms with van der Waals surface area (Å²) >= 11 is 0. The highest BCUT2D eigenvalue weighted by Gasteiger charge is 2.46. The third-order valence-corrected chi connectivity index (χ3v) is 5.44. The maximum atomic E-state index is 13.0. The third kappa shape index (κ3) is 3.37. The minimum absolute atomic E-state index is 0.0144. The third-order valence-electron chi connectivity index (χ3n) is 5.44. The van der Waals surface area contributed by atoms with Crippen LogP contribution in [0.2, 0.25) is 0 Å². The van der Waals surface area contributed by atoms with Crippen LogP contribution >= 0.6 is 0 Å². The van der Waals surface area contributed by atoms with Gasteiger partial charge in [0.1, 0.15) is 17.3 Å². The number of hydrogen-bond donors (Lipinski definition) is 2. The summed E-state index contributed by atoms with van der Waals surface area (Å²) in [6, 6.07) is 14.2. The van der Waals surface area contributed by atoms with E-state index in [9.17, 15) is 19.8 Å². The number of phenols is 1. The van der Waals surface area contributed by atoms with E-state index < -0.39 is 17.7 Å². The summed E-state index contributed by atoms with van der Waals surface area (Å²) < 4.78 is 5.37. The van der Waals surface area contributed by atoms with Crippen molar-refractivity contribution < 1.29 is 24.2 Å². The zero-order valence-electron chi connectivity index (χ0n) is 16.6. The van der Waals surface area contributed by atoms with Crippen LogP contribution in [0.25, 0.3) is 5.76 Å². The number of aliphatic hydroxyl groups excluding tert-OH is 1. The van der Waals surface area contributed by atoms with Crippen LogP contribution in [0.5, 0.6) is 5.75 Å². The van der Waals surface area contributed by atoms with Gasteiger partial charge in [-0.1, -0.05) is 24.3 Å². The van der Waals surface area contributed by atoms with Gasteiger partial charge in [-0.2, -0.15) is 0 Å². The largest absolute Gasteiger partial charge is 0.508 e. The molecule has 1 amide bonds. The second-order valence-electron chi connectivity index (χ2n) is 7.40. The lowest BCUT2D eigenvalue weighted by atomic mass is 9.94. The number of carbonyl (C=O) groups excluding carboxylic acids is 2. The number of aryl methyl sites for hydroxylation is 2. The number of likely N-dealkylation sites (tertiary alicyclic amines) is 1. The van der Waals surface area contributed by atoms with E-state index in [1.165, 1.54) is 23.3 Å². The number of aliphatic hydroxyl groups is 1. The molecule has 0 radical (unpaired) electrons. The molecule has 1 aliphatic heterocycles. The van der Waals surface area contributed by atoms with E-state index in [1.807, 2.05) is 19.9 Å². The number of nitrogens with zero attached hydrogens (tertiary/aromatic N) is 1. The molecule has 0 aliphatic carbocycles. The quantitative estimate of drug-likeness (QED) is 0.387. The van der Waals surface area contributed by atoms with Gasteiger partial charge in [-0.05, 0) is 60.9 Å². The summed E-state index contributed by atoms with van der Waals surface area (Å²) in [6.45, 7) is 3.95. The average Bonchev–Trinajstić information content (AvgIpc) is 3.33. The van der Waals surface area contributed by atoms with Gasteiger partial charge in [-0.15, -0.1) is 0 Å². The number of furan rings is 1. The number of hydrogen-bond acceptors (Lipinski definition) is 5. The molecule has 1 fully saturated rings. The molecule has 30 heavy (non-hydrogen) atoms. The molecule has 1 aromatic heterocycles. The van der Waals surface area contributed by atoms with Crippen molar-refractivity contribution in [3.05, 3.63) is 94.4 Å². The molecule has 2 N–H and O–H groups in total. The van der Waals surface area contributed by atoms with Crippen molar-refractivity contribution in [2.75, 3.05) is 0 Å². The zero-order chi connectivity index (χ0) is 21.4. The molecule has 1 unspecified atom stereocenters. The van der Waals surface area contributed by atoms with Gasteiger partial charge in [0, 0.05) is 5.56 Å². The molecule has 6 nitrogen and oxygen atoms in total. The smallest absolute Gasteiger partial charge is 0.296 e. The van der Waals surface area contributed by atoms with E-state index in [0.717, 1.165) is 11.1 Å². The van der Waals surface area contributed by atoms with E-state index in [1.54, 1.807) is 36.4 Å². The fourth-order valence-corrected chi connectivity index (χ4v) is 3.66. The zero-order valence-corrected chi connectivity index (χ0v) is 16.6. The lowest BCUT2D eigenvalue weighted by Crippen LogP contribution is -2.29. The van der Waals surface area contributed by atoms with Gasteiger partial charge in [0.25, 0.3) is 11.7 Å². The van der Waals surface area contributed by atoms with Crippen LogP contribution in [0.1, 0.15) is 34.1 Å². The number of aromatic hydroxyl groups is 1. The summed E-state index contributed by atoms with van der Waals surface area (Å²) in [5, 5.41) is 20.7. The topological polar surface area (TPSA) is 91.0 Å². The molecule has 6 heteroatoms. The molecule has 2 heterocycles. The SMILES string of the molecule is Cc1ccc(/C(O)=C2/C(=O)C(=O)N(Cc3ccco3)C2c2ccc(O)cc2)cc1C. The first kappa shape index (κ1) is 19.5. The van der Waals surface area contributed by atoms with Crippen LogP contribution in [-0.4, -0.2) is 26.8 Å². The van der Waals surface area contributed by atoms with Crippen LogP contribution in [0.15, 0.2) is 70.9 Å². The summed E-state index contributed by atoms with van der Waals surface area (Å²) in [7, 11) is 0. The summed E-state index contributed by atoms with van der Waals surface area (Å²) in [5.74, 6) is -1.11. The van der Waals surface area contributed by atoms with Crippen LogP contribution in [0.4, 0.5) is 0 Å². The van der Waals surface area contributed by atoms with Gasteiger partial charge >= 0.3 is 0 Å². The molecule has 3 aromatic rings. The van der Waals surface area contributed by atoms with Gasteiger partial charge in [0.2, 0.25) is 0 Å². The predicted molar refractivity (Wildman–Crippen MR) is 111 cm³/mol. The van der Waals surface area contributed by atoms with Crippen molar-refractivity contribution in [3.63, 3.8) is 0 Å². The molecule has 1 saturated heterocycles. The van der Waals surface area contributed by atoms with Crippen LogP contribution in [-0.2, 0) is 16.1 Å². The monoisotopic (exact) mass is 403 g/mol. The van der Waals surface area contributed by atoms with Crippen molar-refractivity contribution in [2.45, 2.75) is 26.4 Å². The van der Waals surface area contributed by atoms with Crippen LogP contribution in [0, 0.1) is 13.8 Å². The maximum Gasteiger partial charge on any atom is 0.296 e. The number of phenolic OH excluding ortho intramolecular Hbond substituents is 1. The Morgan fingerprint density at radius 2 is 1.77 bits per heavy atom. The van der Waals surface area contributed by atoms with Crippen LogP contribution in [0.3, 0.4) is 0 Å². The van der Waals surface area contributed by atoms with Crippen molar-refractivity contribution in [3.8, 4) is 5.75 Å². The molecule has 0 bridgehead atoms. The van der Waals surface area contributed by atoms with Crippen molar-refractivity contribution in [1.82, 2.24) is 4.90 Å². The van der Waals surface area contributed by atoms with Gasteiger partial charge < -0.3 is 19.5 Å². The number of rotatable bonds is 4. The molecule has 152 valence electrons. The second-order valence-corrected chi connectivity index (χ2v) is 7.40. The molecular weight excluding hydrogens is 382 g/mol. The van der Waals surface area contributed by atoms with E-state index in [-0.39, 0.29) is 23.6 Å². The fraction of sp³-hybridized carbons (Fsp3) is 0.167. The van der Waals surface area contributed by atoms with Gasteiger partial charge in [0.15, 0.2) is 0 Å². The first-order chi connectivity index (χ1) is 14.4. The molecular formula is C24H21NO5. The lowest BCUT2D eigenvalue weighted by Gasteiger charge is -2.24. The van der Waals surface area contributed by atoms with E-state index in [4.69, 9.17) is 4.42 Å². The van der Waals surface area contributed by atoms with E-state index in [2.05, 4.69) is 0 Å². The summed E-state index contributed by atoms with van der Waals surface area (Å²) in [6.07, 6.45) is 1.50. The van der Waals surface area contributed by atoms with E-state index in [0.29, 0.717) is 16.9 Å². The predicted octanol–water partition coefficient (Wildman–Crippen LogP) is 4.22. The Morgan fingerprint density at radius 1 is 1.03 bits per heavy atom. The van der Waals surface area contributed by atoms with Gasteiger partial charge in [0.05, 0.1) is 24.4 Å². The number of amides is 1. The van der Waals surface area contributed by atoms with Crippen LogP contribution < -0.4 is 0 Å². The Morgan fingerprint density at radius 3 is 2.40 bits per heavy atom. The molecule has 1 aliphatic rings. The highest BCUT2D eigenvalue weighted by Crippen LogP contribution is 2.40. The van der Waals surface area contributed by atoms with Crippen molar-refractivity contribution in [2.24, 2.45) is 0 Å². The Labute approximate surface area is 173 Å². The Hall–Kier alpha value is -3.80. The maximum absolute atomic E-state index is 13.0. The normalized spacial score (nSPS) is 18.2. The van der Waals surface area contributed by atoms with Gasteiger partial charge in [-0.25, -0.2) is 0 Å². The molecule has 0 saturated carbocycles. The molecule has 0 spiro atoms. The van der Waals surface area contributed by atoms with Crippen molar-refractivity contribution >= 4 is 17.4 Å². The Bertz CT molecular complexity index is 1140. The van der Waals surface area contributed by atoms with Crippen molar-refractivity contribution in [1.29, 1.82) is 0 Å². The molecule has 1 atom stereocenters. The number of Topliss-reactive ketones (excluding diaryl/α,β-unsaturated/α-hetero) is 1. The standard InChI is InChI=1S/C24H21NO5/c1-14-5-6-17(12-15(14)2)22(27)20-21(16-7-9-18(26)10-8-16)25(24(29)23(20)28)13-19-4-3-11-30-19/h3-12,21,26-27H,13H2,1-2H3/b22-20-. The van der Waals surface area contributed by atoms with Gasteiger partial charge in [-0.3, -0.25) is 9.59 Å². The summed E-state index contributed by atoms with van der Waals surface area (Å²) in [5.41, 5.74) is 3.10. The molecule has 2 aromatic carbocycles. The first-order valence-corrected chi connectivity index (χ1v) is 9.54. The Kier molecular flexibility index (Phi) is 4.91. The average molecular weight is 403 g/mol. The fourth-order valence-electron chi connectivity index (χ4n) is 3.66. The number of ketones is 1. The van der Waals surface area contributed by atoms with E-state index >= 15 is 0 Å².